The molecule has 0 radical (unpaired) electrons. The Labute approximate surface area is 129 Å². The second kappa shape index (κ2) is 6.10. The average molecular weight is 304 g/mol. The van der Waals surface area contributed by atoms with Crippen molar-refractivity contribution in [2.24, 2.45) is 0 Å². The van der Waals surface area contributed by atoms with Gasteiger partial charge >= 0.3 is 0 Å². The van der Waals surface area contributed by atoms with E-state index in [4.69, 9.17) is 0 Å². The van der Waals surface area contributed by atoms with Gasteiger partial charge in [-0.15, -0.1) is 11.8 Å². The van der Waals surface area contributed by atoms with Crippen LogP contribution < -0.4 is 5.32 Å². The third-order valence-electron chi connectivity index (χ3n) is 4.20. The van der Waals surface area contributed by atoms with E-state index in [0.717, 1.165) is 5.75 Å². The molecule has 112 valence electrons. The van der Waals surface area contributed by atoms with E-state index < -0.39 is 0 Å². The number of carbonyl (C=O) groups excluding carboxylic acids is 2. The summed E-state index contributed by atoms with van der Waals surface area (Å²) in [4.78, 5) is 27.4. The normalized spacial score (nSPS) is 25.5. The molecular formula is C16H20N2O2S. The second-order valence-corrected chi connectivity index (χ2v) is 6.67. The number of carbonyl (C=O) groups is 2. The highest BCUT2D eigenvalue weighted by atomic mass is 32.2. The van der Waals surface area contributed by atoms with Crippen LogP contribution in [0, 0.1) is 0 Å². The lowest BCUT2D eigenvalue weighted by molar-refractivity contribution is -0.133. The predicted octanol–water partition coefficient (Wildman–Crippen LogP) is 2.00. The molecule has 1 aromatic carbocycles. The molecule has 0 aromatic heterocycles. The summed E-state index contributed by atoms with van der Waals surface area (Å²) < 4.78 is 0. The van der Waals surface area contributed by atoms with Gasteiger partial charge in [-0.05, 0) is 18.1 Å². The van der Waals surface area contributed by atoms with Gasteiger partial charge in [0.15, 0.2) is 0 Å². The second-order valence-electron chi connectivity index (χ2n) is 5.61. The largest absolute Gasteiger partial charge is 0.344 e. The molecule has 5 heteroatoms. The fourth-order valence-corrected chi connectivity index (χ4v) is 4.24. The Morgan fingerprint density at radius 2 is 2.14 bits per heavy atom. The van der Waals surface area contributed by atoms with Gasteiger partial charge in [0, 0.05) is 36.1 Å². The number of thioether (sulfide) groups is 1. The number of hydrogen-bond donors (Lipinski definition) is 1. The minimum atomic E-state index is -0.357. The van der Waals surface area contributed by atoms with Crippen molar-refractivity contribution in [3.63, 3.8) is 0 Å². The molecule has 2 unspecified atom stereocenters. The average Bonchev–Trinajstić information content (AvgIpc) is 2.85. The van der Waals surface area contributed by atoms with Gasteiger partial charge in [0.25, 0.3) is 0 Å². The Bertz CT molecular complexity index is 561. The molecule has 2 heterocycles. The zero-order valence-corrected chi connectivity index (χ0v) is 13.0. The molecule has 2 atom stereocenters. The summed E-state index contributed by atoms with van der Waals surface area (Å²) in [6, 6.07) is 8.06. The first-order valence-corrected chi connectivity index (χ1v) is 8.47. The maximum atomic E-state index is 12.5. The molecule has 4 nitrogen and oxygen atoms in total. The third-order valence-corrected chi connectivity index (χ3v) is 5.45. The van der Waals surface area contributed by atoms with Gasteiger partial charge in [-0.1, -0.05) is 25.1 Å². The summed E-state index contributed by atoms with van der Waals surface area (Å²) in [5.74, 6) is 1.44. The van der Waals surface area contributed by atoms with Crippen LogP contribution in [0.25, 0.3) is 0 Å². The predicted molar refractivity (Wildman–Crippen MR) is 83.3 cm³/mol. The molecule has 21 heavy (non-hydrogen) atoms. The van der Waals surface area contributed by atoms with Crippen molar-refractivity contribution in [1.29, 1.82) is 0 Å². The van der Waals surface area contributed by atoms with Crippen LogP contribution in [0.2, 0.25) is 0 Å². The van der Waals surface area contributed by atoms with Crippen molar-refractivity contribution in [1.82, 2.24) is 10.2 Å². The molecule has 0 saturated carbocycles. The zero-order valence-electron chi connectivity index (χ0n) is 12.2. The van der Waals surface area contributed by atoms with Gasteiger partial charge < -0.3 is 10.2 Å². The van der Waals surface area contributed by atoms with Crippen LogP contribution in [0.1, 0.15) is 31.2 Å². The van der Waals surface area contributed by atoms with Crippen molar-refractivity contribution in [2.45, 2.75) is 36.6 Å². The Morgan fingerprint density at radius 1 is 1.33 bits per heavy atom. The van der Waals surface area contributed by atoms with Gasteiger partial charge in [-0.3, -0.25) is 9.59 Å². The topological polar surface area (TPSA) is 49.4 Å². The first-order chi connectivity index (χ1) is 10.2. The fraction of sp³-hybridized carbons (Fsp3) is 0.500. The van der Waals surface area contributed by atoms with Crippen LogP contribution in [0.4, 0.5) is 0 Å². The van der Waals surface area contributed by atoms with Gasteiger partial charge in [-0.25, -0.2) is 0 Å². The van der Waals surface area contributed by atoms with Gasteiger partial charge in [0.2, 0.25) is 11.8 Å². The number of fused-ring (bicyclic) bond motifs is 1. The molecule has 1 fully saturated rings. The van der Waals surface area contributed by atoms with Gasteiger partial charge in [-0.2, -0.15) is 0 Å². The zero-order chi connectivity index (χ0) is 14.8. The van der Waals surface area contributed by atoms with E-state index >= 15 is 0 Å². The van der Waals surface area contributed by atoms with E-state index in [0.29, 0.717) is 31.8 Å². The fourth-order valence-electron chi connectivity index (χ4n) is 3.00. The molecule has 2 aliphatic heterocycles. The van der Waals surface area contributed by atoms with Crippen molar-refractivity contribution >= 4 is 23.6 Å². The number of nitrogens with one attached hydrogen (secondary N) is 1. The van der Waals surface area contributed by atoms with Crippen LogP contribution in [-0.4, -0.2) is 41.6 Å². The molecule has 2 aliphatic rings. The number of amides is 2. The molecule has 3 rings (SSSR count). The van der Waals surface area contributed by atoms with Crippen LogP contribution >= 0.6 is 11.8 Å². The van der Waals surface area contributed by atoms with Gasteiger partial charge in [0.1, 0.15) is 6.04 Å². The lowest BCUT2D eigenvalue weighted by Gasteiger charge is -2.26. The summed E-state index contributed by atoms with van der Waals surface area (Å²) in [6.45, 7) is 3.19. The molecular weight excluding hydrogens is 284 g/mol. The Balaban J connectivity index is 1.75. The van der Waals surface area contributed by atoms with Crippen LogP contribution in [-0.2, 0) is 9.59 Å². The smallest absolute Gasteiger partial charge is 0.245 e. The van der Waals surface area contributed by atoms with Crippen LogP contribution in [0.3, 0.4) is 0 Å². The maximum absolute atomic E-state index is 12.5. The standard InChI is InChI=1S/C16H20N2O2S/c1-2-13-16(20)18(8-7-15(19)17-13)9-11-10-21-14-6-4-3-5-12(11)14/h3-6,11,13H,2,7-10H2,1H3,(H,17,19). The summed E-state index contributed by atoms with van der Waals surface area (Å²) >= 11 is 1.86. The molecule has 0 bridgehead atoms. The summed E-state index contributed by atoms with van der Waals surface area (Å²) in [5, 5.41) is 2.82. The maximum Gasteiger partial charge on any atom is 0.245 e. The lowest BCUT2D eigenvalue weighted by atomic mass is 10.0. The molecule has 1 aromatic rings. The van der Waals surface area contributed by atoms with Crippen molar-refractivity contribution in [3.8, 4) is 0 Å². The molecule has 0 aliphatic carbocycles. The monoisotopic (exact) mass is 304 g/mol. The number of nitrogens with zero attached hydrogens (tertiary/aromatic N) is 1. The van der Waals surface area contributed by atoms with Crippen molar-refractivity contribution < 1.29 is 9.59 Å². The molecule has 0 spiro atoms. The first kappa shape index (κ1) is 14.4. The van der Waals surface area contributed by atoms with E-state index in [9.17, 15) is 9.59 Å². The Morgan fingerprint density at radius 3 is 2.95 bits per heavy atom. The van der Waals surface area contributed by atoms with Gasteiger partial charge in [0.05, 0.1) is 0 Å². The molecule has 1 saturated heterocycles. The van der Waals surface area contributed by atoms with E-state index in [1.165, 1.54) is 10.5 Å². The lowest BCUT2D eigenvalue weighted by Crippen LogP contribution is -2.45. The third kappa shape index (κ3) is 2.93. The number of rotatable bonds is 3. The minimum Gasteiger partial charge on any atom is -0.344 e. The Kier molecular flexibility index (Phi) is 4.19. The first-order valence-electron chi connectivity index (χ1n) is 7.49. The molecule has 2 amide bonds. The highest BCUT2D eigenvalue weighted by molar-refractivity contribution is 7.99. The Hall–Kier alpha value is -1.49. The minimum absolute atomic E-state index is 0.0149. The number of hydrogen-bond acceptors (Lipinski definition) is 3. The summed E-state index contributed by atoms with van der Waals surface area (Å²) in [6.07, 6.45) is 1.06. The molecule has 1 N–H and O–H groups in total. The SMILES string of the molecule is CCC1NC(=O)CCN(CC2CSc3ccccc32)C1=O. The highest BCUT2D eigenvalue weighted by Crippen LogP contribution is 2.39. The quantitative estimate of drug-likeness (QED) is 0.929. The van der Waals surface area contributed by atoms with E-state index in [-0.39, 0.29) is 17.9 Å². The highest BCUT2D eigenvalue weighted by Gasteiger charge is 2.32. The number of benzene rings is 1. The summed E-state index contributed by atoms with van der Waals surface area (Å²) in [5.41, 5.74) is 1.34. The van der Waals surface area contributed by atoms with Crippen LogP contribution in [0.5, 0.6) is 0 Å². The van der Waals surface area contributed by atoms with E-state index in [1.54, 1.807) is 0 Å². The van der Waals surface area contributed by atoms with Crippen LogP contribution in [0.15, 0.2) is 29.2 Å². The van der Waals surface area contributed by atoms with Crippen molar-refractivity contribution in [2.75, 3.05) is 18.8 Å². The van der Waals surface area contributed by atoms with E-state index in [1.807, 2.05) is 23.6 Å². The summed E-state index contributed by atoms with van der Waals surface area (Å²) in [7, 11) is 0. The van der Waals surface area contributed by atoms with Crippen molar-refractivity contribution in [3.05, 3.63) is 29.8 Å². The van der Waals surface area contributed by atoms with E-state index in [2.05, 4.69) is 29.6 Å².